The molecule has 122 valence electrons. The summed E-state index contributed by atoms with van der Waals surface area (Å²) in [4.78, 5) is 12.4. The SMILES string of the molecule is CC[C@@H](NC(=O)c1ccc(OC)c(Cl)c1)c1ccc(OC)cc1. The Balaban J connectivity index is 2.14. The molecule has 2 aromatic rings. The van der Waals surface area contributed by atoms with E-state index in [-0.39, 0.29) is 11.9 Å². The topological polar surface area (TPSA) is 47.6 Å². The lowest BCUT2D eigenvalue weighted by Crippen LogP contribution is -2.28. The van der Waals surface area contributed by atoms with Gasteiger partial charge in [-0.2, -0.15) is 0 Å². The third-order valence-corrected chi connectivity index (χ3v) is 3.94. The van der Waals surface area contributed by atoms with Gasteiger partial charge in [-0.25, -0.2) is 0 Å². The molecular weight excluding hydrogens is 314 g/mol. The van der Waals surface area contributed by atoms with Crippen molar-refractivity contribution < 1.29 is 14.3 Å². The van der Waals surface area contributed by atoms with Gasteiger partial charge in [0.2, 0.25) is 0 Å². The van der Waals surface area contributed by atoms with Crippen molar-refractivity contribution in [1.82, 2.24) is 5.32 Å². The van der Waals surface area contributed by atoms with Crippen molar-refractivity contribution in [3.05, 3.63) is 58.6 Å². The van der Waals surface area contributed by atoms with Crippen LogP contribution < -0.4 is 14.8 Å². The monoisotopic (exact) mass is 333 g/mol. The van der Waals surface area contributed by atoms with E-state index in [4.69, 9.17) is 21.1 Å². The Morgan fingerprint density at radius 1 is 1.13 bits per heavy atom. The Bertz CT molecular complexity index is 670. The highest BCUT2D eigenvalue weighted by Crippen LogP contribution is 2.26. The van der Waals surface area contributed by atoms with Gasteiger partial charge in [0, 0.05) is 5.56 Å². The molecule has 0 aromatic heterocycles. The van der Waals surface area contributed by atoms with Crippen LogP contribution in [0.5, 0.6) is 11.5 Å². The van der Waals surface area contributed by atoms with Crippen molar-refractivity contribution in [3.63, 3.8) is 0 Å². The first-order valence-electron chi connectivity index (χ1n) is 7.37. The van der Waals surface area contributed by atoms with Crippen LogP contribution in [0.25, 0.3) is 0 Å². The van der Waals surface area contributed by atoms with Gasteiger partial charge in [-0.15, -0.1) is 0 Å². The Kier molecular flexibility index (Phi) is 5.88. The second-order valence-corrected chi connectivity index (χ2v) is 5.46. The molecule has 23 heavy (non-hydrogen) atoms. The normalized spacial score (nSPS) is 11.7. The van der Waals surface area contributed by atoms with E-state index in [0.717, 1.165) is 17.7 Å². The van der Waals surface area contributed by atoms with E-state index in [9.17, 15) is 4.79 Å². The lowest BCUT2D eigenvalue weighted by atomic mass is 10.0. The van der Waals surface area contributed by atoms with Crippen molar-refractivity contribution in [2.24, 2.45) is 0 Å². The van der Waals surface area contributed by atoms with E-state index in [2.05, 4.69) is 5.32 Å². The Morgan fingerprint density at radius 2 is 1.83 bits per heavy atom. The van der Waals surface area contributed by atoms with Gasteiger partial charge in [-0.1, -0.05) is 30.7 Å². The summed E-state index contributed by atoms with van der Waals surface area (Å²) in [5.74, 6) is 1.17. The first-order chi connectivity index (χ1) is 11.1. The second-order valence-electron chi connectivity index (χ2n) is 5.06. The van der Waals surface area contributed by atoms with Crippen LogP contribution in [0.1, 0.15) is 35.3 Å². The minimum Gasteiger partial charge on any atom is -0.497 e. The third-order valence-electron chi connectivity index (χ3n) is 3.65. The lowest BCUT2D eigenvalue weighted by Gasteiger charge is -2.18. The number of hydrogen-bond acceptors (Lipinski definition) is 3. The predicted molar refractivity (Wildman–Crippen MR) is 91.5 cm³/mol. The summed E-state index contributed by atoms with van der Waals surface area (Å²) in [5, 5.41) is 3.44. The van der Waals surface area contributed by atoms with Crippen LogP contribution in [0.2, 0.25) is 5.02 Å². The molecule has 4 nitrogen and oxygen atoms in total. The number of halogens is 1. The van der Waals surface area contributed by atoms with Crippen molar-refractivity contribution >= 4 is 17.5 Å². The Morgan fingerprint density at radius 3 is 2.35 bits per heavy atom. The molecular formula is C18H20ClNO3. The molecule has 0 radical (unpaired) electrons. The van der Waals surface area contributed by atoms with E-state index in [1.165, 1.54) is 7.11 Å². The fourth-order valence-corrected chi connectivity index (χ4v) is 2.56. The molecule has 0 heterocycles. The summed E-state index contributed by atoms with van der Waals surface area (Å²) < 4.78 is 10.3. The molecule has 2 aromatic carbocycles. The van der Waals surface area contributed by atoms with Crippen molar-refractivity contribution in [1.29, 1.82) is 0 Å². The summed E-state index contributed by atoms with van der Waals surface area (Å²) in [6, 6.07) is 12.6. The van der Waals surface area contributed by atoms with Gasteiger partial charge in [0.15, 0.2) is 0 Å². The van der Waals surface area contributed by atoms with E-state index in [0.29, 0.717) is 16.3 Å². The molecule has 1 amide bonds. The summed E-state index contributed by atoms with van der Waals surface area (Å²) in [6.45, 7) is 2.02. The van der Waals surface area contributed by atoms with Gasteiger partial charge in [-0.05, 0) is 42.3 Å². The number of benzene rings is 2. The highest BCUT2D eigenvalue weighted by Gasteiger charge is 2.15. The number of carbonyl (C=O) groups excluding carboxylic acids is 1. The zero-order valence-electron chi connectivity index (χ0n) is 13.4. The molecule has 5 heteroatoms. The van der Waals surface area contributed by atoms with Gasteiger partial charge in [0.05, 0.1) is 25.3 Å². The van der Waals surface area contributed by atoms with Crippen molar-refractivity contribution in [3.8, 4) is 11.5 Å². The minimum absolute atomic E-state index is 0.0747. The number of carbonyl (C=O) groups is 1. The van der Waals surface area contributed by atoms with Gasteiger partial charge in [0.1, 0.15) is 11.5 Å². The predicted octanol–water partition coefficient (Wildman–Crippen LogP) is 4.24. The van der Waals surface area contributed by atoms with Crippen LogP contribution in [-0.4, -0.2) is 20.1 Å². The molecule has 0 spiro atoms. The summed E-state index contributed by atoms with van der Waals surface area (Å²) in [7, 11) is 3.17. The van der Waals surface area contributed by atoms with E-state index >= 15 is 0 Å². The van der Waals surface area contributed by atoms with Crippen LogP contribution in [0, 0.1) is 0 Å². The maximum Gasteiger partial charge on any atom is 0.251 e. The molecule has 0 aliphatic carbocycles. The molecule has 0 unspecified atom stereocenters. The Labute approximate surface area is 141 Å². The minimum atomic E-state index is -0.169. The highest BCUT2D eigenvalue weighted by molar-refractivity contribution is 6.32. The fraction of sp³-hybridized carbons (Fsp3) is 0.278. The van der Waals surface area contributed by atoms with Crippen LogP contribution in [0.15, 0.2) is 42.5 Å². The number of ether oxygens (including phenoxy) is 2. The largest absolute Gasteiger partial charge is 0.497 e. The molecule has 1 atom stereocenters. The molecule has 0 saturated carbocycles. The van der Waals surface area contributed by atoms with Crippen molar-refractivity contribution in [2.45, 2.75) is 19.4 Å². The quantitative estimate of drug-likeness (QED) is 0.860. The van der Waals surface area contributed by atoms with Crippen LogP contribution in [0.3, 0.4) is 0 Å². The molecule has 0 saturated heterocycles. The van der Waals surface area contributed by atoms with Gasteiger partial charge in [0.25, 0.3) is 5.91 Å². The average molecular weight is 334 g/mol. The average Bonchev–Trinajstić information content (AvgIpc) is 2.59. The molecule has 0 aliphatic heterocycles. The van der Waals surface area contributed by atoms with Gasteiger partial charge >= 0.3 is 0 Å². The Hall–Kier alpha value is -2.20. The van der Waals surface area contributed by atoms with Crippen LogP contribution in [0.4, 0.5) is 0 Å². The van der Waals surface area contributed by atoms with E-state index in [1.807, 2.05) is 31.2 Å². The lowest BCUT2D eigenvalue weighted by molar-refractivity contribution is 0.0935. The zero-order chi connectivity index (χ0) is 16.8. The molecule has 2 rings (SSSR count). The van der Waals surface area contributed by atoms with Gasteiger partial charge < -0.3 is 14.8 Å². The van der Waals surface area contributed by atoms with E-state index < -0.39 is 0 Å². The fourth-order valence-electron chi connectivity index (χ4n) is 2.31. The third kappa shape index (κ3) is 4.17. The number of methoxy groups -OCH3 is 2. The maximum absolute atomic E-state index is 12.4. The standard InChI is InChI=1S/C18H20ClNO3/c1-4-16(12-5-8-14(22-2)9-6-12)20-18(21)13-7-10-17(23-3)15(19)11-13/h5-11,16H,4H2,1-3H3,(H,20,21)/t16-/m1/s1. The van der Waals surface area contributed by atoms with Crippen LogP contribution >= 0.6 is 11.6 Å². The maximum atomic E-state index is 12.4. The number of rotatable bonds is 6. The number of amides is 1. The summed E-state index contributed by atoms with van der Waals surface area (Å²) in [6.07, 6.45) is 0.780. The van der Waals surface area contributed by atoms with Crippen LogP contribution in [-0.2, 0) is 0 Å². The highest BCUT2D eigenvalue weighted by atomic mass is 35.5. The smallest absolute Gasteiger partial charge is 0.251 e. The second kappa shape index (κ2) is 7.88. The van der Waals surface area contributed by atoms with Gasteiger partial charge in [-0.3, -0.25) is 4.79 Å². The molecule has 1 N–H and O–H groups in total. The van der Waals surface area contributed by atoms with Crippen molar-refractivity contribution in [2.75, 3.05) is 14.2 Å². The number of hydrogen-bond donors (Lipinski definition) is 1. The summed E-state index contributed by atoms with van der Waals surface area (Å²) in [5.41, 5.74) is 1.53. The first kappa shape index (κ1) is 17.2. The summed E-state index contributed by atoms with van der Waals surface area (Å²) >= 11 is 6.08. The molecule has 0 fully saturated rings. The first-order valence-corrected chi connectivity index (χ1v) is 7.75. The number of nitrogens with one attached hydrogen (secondary N) is 1. The zero-order valence-corrected chi connectivity index (χ0v) is 14.2. The molecule has 0 bridgehead atoms. The molecule has 0 aliphatic rings. The van der Waals surface area contributed by atoms with E-state index in [1.54, 1.807) is 25.3 Å².